The summed E-state index contributed by atoms with van der Waals surface area (Å²) in [4.78, 5) is 0. The Bertz CT molecular complexity index is 172. The smallest absolute Gasteiger partial charge is 0.263 e. The Labute approximate surface area is 65.1 Å². The van der Waals surface area contributed by atoms with E-state index in [2.05, 4.69) is 3.63 Å². The zero-order chi connectivity index (χ0) is 8.20. The van der Waals surface area contributed by atoms with Crippen LogP contribution in [0.2, 0.25) is 0 Å². The fourth-order valence-electron chi connectivity index (χ4n) is 0.225. The van der Waals surface area contributed by atoms with E-state index in [4.69, 9.17) is 4.55 Å². The molecule has 0 aromatic heterocycles. The molecule has 10 heavy (non-hydrogen) atoms. The minimum absolute atomic E-state index is 0.340. The first kappa shape index (κ1) is 10.2. The number of hydrogen-bond donors (Lipinski definition) is 1. The molecular weight excluding hydrogens is 176 g/mol. The van der Waals surface area contributed by atoms with Crippen molar-refractivity contribution < 1.29 is 16.6 Å². The normalized spacial score (nSPS) is 12.4. The Hall–Kier alpha value is 0.220. The molecule has 0 aromatic carbocycles. The van der Waals surface area contributed by atoms with Gasteiger partial charge >= 0.3 is 10.4 Å². The van der Waals surface area contributed by atoms with E-state index in [0.29, 0.717) is 11.7 Å². The van der Waals surface area contributed by atoms with Gasteiger partial charge in [0.25, 0.3) is 0 Å². The van der Waals surface area contributed by atoms with Crippen molar-refractivity contribution >= 4 is 22.4 Å². The predicted octanol–water partition coefficient (Wildman–Crippen LogP) is 1.11. The fraction of sp³-hybridized carbons (Fsp3) is 1.00. The summed E-state index contributed by atoms with van der Waals surface area (Å²) in [6, 6.07) is 0. The second kappa shape index (κ2) is 4.17. The van der Waals surface area contributed by atoms with E-state index >= 15 is 0 Å². The average Bonchev–Trinajstić information content (AvgIpc) is 1.59. The maximum atomic E-state index is 9.93. The van der Waals surface area contributed by atoms with Crippen molar-refractivity contribution in [2.75, 3.05) is 5.75 Å². The van der Waals surface area contributed by atoms with Crippen LogP contribution >= 0.6 is 12.0 Å². The van der Waals surface area contributed by atoms with Crippen LogP contribution in [-0.4, -0.2) is 18.7 Å². The topological polar surface area (TPSA) is 63.6 Å². The van der Waals surface area contributed by atoms with Gasteiger partial charge in [-0.2, -0.15) is 12.0 Å². The minimum atomic E-state index is -4.26. The highest BCUT2D eigenvalue weighted by Crippen LogP contribution is 2.10. The number of hydrogen-bond acceptors (Lipinski definition) is 4. The van der Waals surface area contributed by atoms with Crippen LogP contribution in [0.3, 0.4) is 0 Å². The monoisotopic (exact) mass is 186 g/mol. The second-order valence-corrected chi connectivity index (χ2v) is 4.14. The van der Waals surface area contributed by atoms with E-state index in [1.165, 1.54) is 0 Å². The van der Waals surface area contributed by atoms with Crippen LogP contribution in [0, 0.1) is 5.92 Å². The van der Waals surface area contributed by atoms with Crippen LogP contribution in [0.25, 0.3) is 0 Å². The Morgan fingerprint density at radius 1 is 1.60 bits per heavy atom. The Morgan fingerprint density at radius 3 is 2.40 bits per heavy atom. The molecular formula is C4H10O4S2. The van der Waals surface area contributed by atoms with Crippen LogP contribution in [0.15, 0.2) is 0 Å². The first-order chi connectivity index (χ1) is 4.42. The summed E-state index contributed by atoms with van der Waals surface area (Å²) in [6.07, 6.45) is 0. The van der Waals surface area contributed by atoms with Gasteiger partial charge in [0.15, 0.2) is 0 Å². The lowest BCUT2D eigenvalue weighted by Gasteiger charge is -2.00. The minimum Gasteiger partial charge on any atom is -0.263 e. The SMILES string of the molecule is CC(C)CSOS(=O)(=O)O. The van der Waals surface area contributed by atoms with Gasteiger partial charge in [0.2, 0.25) is 0 Å². The molecule has 0 aromatic rings. The molecule has 0 amide bonds. The standard InChI is InChI=1S/C4H10O4S2/c1-4(2)3-9-8-10(5,6)7/h4H,3H2,1-2H3,(H,5,6,7). The molecule has 0 atom stereocenters. The number of rotatable bonds is 4. The summed E-state index contributed by atoms with van der Waals surface area (Å²) in [5, 5.41) is 0. The quantitative estimate of drug-likeness (QED) is 0.526. The molecule has 4 nitrogen and oxygen atoms in total. The second-order valence-electron chi connectivity index (χ2n) is 2.17. The lowest BCUT2D eigenvalue weighted by atomic mass is 10.3. The van der Waals surface area contributed by atoms with Crippen molar-refractivity contribution in [3.8, 4) is 0 Å². The molecule has 0 heterocycles. The van der Waals surface area contributed by atoms with E-state index < -0.39 is 10.4 Å². The van der Waals surface area contributed by atoms with Crippen LogP contribution in [0.1, 0.15) is 13.8 Å². The van der Waals surface area contributed by atoms with Crippen LogP contribution in [0.4, 0.5) is 0 Å². The summed E-state index contributed by atoms with van der Waals surface area (Å²) in [5.41, 5.74) is 0. The highest BCUT2D eigenvalue weighted by molar-refractivity contribution is 8.02. The first-order valence-electron chi connectivity index (χ1n) is 2.70. The summed E-state index contributed by atoms with van der Waals surface area (Å²) in [5.74, 6) is 0.881. The van der Waals surface area contributed by atoms with Gasteiger partial charge in [0.1, 0.15) is 0 Å². The Balaban J connectivity index is 3.39. The van der Waals surface area contributed by atoms with Crippen LogP contribution < -0.4 is 0 Å². The van der Waals surface area contributed by atoms with Gasteiger partial charge < -0.3 is 0 Å². The van der Waals surface area contributed by atoms with E-state index in [0.717, 1.165) is 12.0 Å². The zero-order valence-corrected chi connectivity index (χ0v) is 7.41. The molecule has 0 rings (SSSR count). The third-order valence-electron chi connectivity index (χ3n) is 0.535. The molecule has 0 aliphatic heterocycles. The van der Waals surface area contributed by atoms with Gasteiger partial charge in [-0.3, -0.25) is 4.55 Å². The first-order valence-corrected chi connectivity index (χ1v) is 4.98. The molecule has 0 unspecified atom stereocenters. The van der Waals surface area contributed by atoms with Crippen molar-refractivity contribution in [2.45, 2.75) is 13.8 Å². The highest BCUT2D eigenvalue weighted by atomic mass is 32.3. The van der Waals surface area contributed by atoms with Gasteiger partial charge in [-0.1, -0.05) is 13.8 Å². The zero-order valence-electron chi connectivity index (χ0n) is 5.77. The van der Waals surface area contributed by atoms with Crippen molar-refractivity contribution in [2.24, 2.45) is 5.92 Å². The van der Waals surface area contributed by atoms with Gasteiger partial charge in [-0.25, -0.2) is 0 Å². The van der Waals surface area contributed by atoms with Gasteiger partial charge in [0, 0.05) is 17.8 Å². The predicted molar refractivity (Wildman–Crippen MR) is 39.9 cm³/mol. The molecule has 0 aliphatic carbocycles. The molecule has 0 spiro atoms. The van der Waals surface area contributed by atoms with Crippen molar-refractivity contribution in [1.82, 2.24) is 0 Å². The Morgan fingerprint density at radius 2 is 2.10 bits per heavy atom. The maximum Gasteiger partial charge on any atom is 0.408 e. The third-order valence-corrected chi connectivity index (χ3v) is 2.41. The summed E-state index contributed by atoms with van der Waals surface area (Å²) in [7, 11) is -4.26. The van der Waals surface area contributed by atoms with E-state index in [9.17, 15) is 8.42 Å². The van der Waals surface area contributed by atoms with E-state index in [1.807, 2.05) is 13.8 Å². The molecule has 1 N–H and O–H groups in total. The van der Waals surface area contributed by atoms with Gasteiger partial charge in [-0.15, -0.1) is 0 Å². The molecule has 0 fully saturated rings. The lowest BCUT2D eigenvalue weighted by molar-refractivity contribution is 0.407. The van der Waals surface area contributed by atoms with Crippen molar-refractivity contribution in [3.63, 3.8) is 0 Å². The summed E-state index contributed by atoms with van der Waals surface area (Å²) in [6.45, 7) is 3.83. The molecule has 62 valence electrons. The Kier molecular flexibility index (Phi) is 4.26. The largest absolute Gasteiger partial charge is 0.408 e. The lowest BCUT2D eigenvalue weighted by Crippen LogP contribution is -1.99. The van der Waals surface area contributed by atoms with E-state index in [1.54, 1.807) is 0 Å². The summed E-state index contributed by atoms with van der Waals surface area (Å²) < 4.78 is 31.9. The van der Waals surface area contributed by atoms with E-state index in [-0.39, 0.29) is 0 Å². The molecule has 0 saturated carbocycles. The third kappa shape index (κ3) is 8.22. The van der Waals surface area contributed by atoms with Crippen molar-refractivity contribution in [1.29, 1.82) is 0 Å². The molecule has 0 radical (unpaired) electrons. The van der Waals surface area contributed by atoms with Gasteiger partial charge in [0.05, 0.1) is 0 Å². The fourth-order valence-corrected chi connectivity index (χ4v) is 1.21. The maximum absolute atomic E-state index is 9.93. The average molecular weight is 186 g/mol. The highest BCUT2D eigenvalue weighted by Gasteiger charge is 2.05. The van der Waals surface area contributed by atoms with Crippen LogP contribution in [-0.2, 0) is 14.0 Å². The molecule has 0 bridgehead atoms. The summed E-state index contributed by atoms with van der Waals surface area (Å²) >= 11 is 0.730. The van der Waals surface area contributed by atoms with Crippen molar-refractivity contribution in [3.05, 3.63) is 0 Å². The molecule has 0 saturated heterocycles. The molecule has 6 heteroatoms. The van der Waals surface area contributed by atoms with Crippen LogP contribution in [0.5, 0.6) is 0 Å². The molecule has 0 aliphatic rings. The van der Waals surface area contributed by atoms with Gasteiger partial charge in [-0.05, 0) is 5.92 Å².